The van der Waals surface area contributed by atoms with Gasteiger partial charge in [-0.05, 0) is 36.4 Å². The number of carbonyl (C=O) groups excluding carboxylic acids is 2. The van der Waals surface area contributed by atoms with E-state index in [0.717, 1.165) is 0 Å². The number of hydrogen-bond donors (Lipinski definition) is 2. The zero-order valence-electron chi connectivity index (χ0n) is 13.6. The number of aliphatic hydroxyl groups is 1. The maximum atomic E-state index is 12.7. The van der Waals surface area contributed by atoms with Crippen molar-refractivity contribution in [1.29, 1.82) is 0 Å². The maximum Gasteiger partial charge on any atom is 0.261 e. The fourth-order valence-corrected chi connectivity index (χ4v) is 3.20. The Morgan fingerprint density at radius 3 is 2.56 bits per heavy atom. The summed E-state index contributed by atoms with van der Waals surface area (Å²) in [5.74, 6) is -0.106. The van der Waals surface area contributed by atoms with Crippen LogP contribution in [0.25, 0.3) is 0 Å². The molecule has 0 aliphatic carbocycles. The molecule has 2 aromatic rings. The van der Waals surface area contributed by atoms with E-state index in [1.165, 1.54) is 20.3 Å². The lowest BCUT2D eigenvalue weighted by Gasteiger charge is -2.20. The smallest absolute Gasteiger partial charge is 0.261 e. The molecule has 0 aromatic heterocycles. The van der Waals surface area contributed by atoms with Crippen molar-refractivity contribution in [3.63, 3.8) is 0 Å². The lowest BCUT2D eigenvalue weighted by Crippen LogP contribution is -2.36. The highest BCUT2D eigenvalue weighted by Gasteiger charge is 2.46. The fourth-order valence-electron chi connectivity index (χ4n) is 2.84. The Morgan fingerprint density at radius 1 is 1.16 bits per heavy atom. The van der Waals surface area contributed by atoms with Gasteiger partial charge < -0.3 is 19.9 Å². The maximum absolute atomic E-state index is 12.7. The number of anilines is 1. The van der Waals surface area contributed by atoms with Crippen LogP contribution in [0, 0.1) is 0 Å². The number of methoxy groups -OCH3 is 2. The molecule has 25 heavy (non-hydrogen) atoms. The van der Waals surface area contributed by atoms with E-state index >= 15 is 0 Å². The van der Waals surface area contributed by atoms with Crippen molar-refractivity contribution in [1.82, 2.24) is 0 Å². The van der Waals surface area contributed by atoms with E-state index < -0.39 is 11.5 Å². The van der Waals surface area contributed by atoms with Crippen molar-refractivity contribution in [2.24, 2.45) is 0 Å². The minimum Gasteiger partial charge on any atom is -0.493 e. The Morgan fingerprint density at radius 2 is 1.88 bits per heavy atom. The number of hydrogen-bond acceptors (Lipinski definition) is 5. The Hall–Kier alpha value is -2.38. The number of amides is 1. The van der Waals surface area contributed by atoms with Crippen LogP contribution in [0.2, 0.25) is 0 Å². The summed E-state index contributed by atoms with van der Waals surface area (Å²) in [5, 5.41) is 13.5. The Bertz CT molecular complexity index is 867. The quantitative estimate of drug-likeness (QED) is 0.747. The molecule has 2 N–H and O–H groups in total. The number of Topliss-reactive ketones (excluding diaryl/α,β-unsaturated/α-hetero) is 1. The number of ether oxygens (including phenoxy) is 2. The monoisotopic (exact) mass is 405 g/mol. The summed E-state index contributed by atoms with van der Waals surface area (Å²) in [7, 11) is 2.97. The normalized spacial score (nSPS) is 18.5. The summed E-state index contributed by atoms with van der Waals surface area (Å²) in [4.78, 5) is 24.9. The van der Waals surface area contributed by atoms with Crippen molar-refractivity contribution < 1.29 is 24.2 Å². The van der Waals surface area contributed by atoms with Crippen LogP contribution in [0.4, 0.5) is 5.69 Å². The number of fused-ring (bicyclic) bond motifs is 1. The Labute approximate surface area is 152 Å². The molecule has 1 amide bonds. The molecule has 0 saturated heterocycles. The zero-order chi connectivity index (χ0) is 18.2. The molecule has 6 nitrogen and oxygen atoms in total. The van der Waals surface area contributed by atoms with Gasteiger partial charge in [0.1, 0.15) is 0 Å². The van der Waals surface area contributed by atoms with E-state index in [1.54, 1.807) is 30.3 Å². The molecule has 1 heterocycles. The predicted molar refractivity (Wildman–Crippen MR) is 95.2 cm³/mol. The lowest BCUT2D eigenvalue weighted by atomic mass is 9.88. The molecule has 1 aliphatic rings. The van der Waals surface area contributed by atoms with Gasteiger partial charge >= 0.3 is 0 Å². The average molecular weight is 406 g/mol. The van der Waals surface area contributed by atoms with E-state index in [0.29, 0.717) is 32.8 Å². The van der Waals surface area contributed by atoms with E-state index in [2.05, 4.69) is 21.2 Å². The van der Waals surface area contributed by atoms with E-state index in [4.69, 9.17) is 9.47 Å². The predicted octanol–water partition coefficient (Wildman–Crippen LogP) is 2.88. The number of carbonyl (C=O) groups is 2. The minimum atomic E-state index is -1.91. The van der Waals surface area contributed by atoms with Crippen LogP contribution >= 0.6 is 15.9 Å². The van der Waals surface area contributed by atoms with Crippen molar-refractivity contribution in [2.45, 2.75) is 12.0 Å². The second-order valence-corrected chi connectivity index (χ2v) is 6.59. The Balaban J connectivity index is 1.93. The molecule has 0 unspecified atom stereocenters. The van der Waals surface area contributed by atoms with Gasteiger partial charge in [-0.25, -0.2) is 0 Å². The highest BCUT2D eigenvalue weighted by atomic mass is 79.9. The summed E-state index contributed by atoms with van der Waals surface area (Å²) >= 11 is 3.32. The first-order valence-electron chi connectivity index (χ1n) is 7.48. The average Bonchev–Trinajstić information content (AvgIpc) is 2.84. The second kappa shape index (κ2) is 6.50. The van der Waals surface area contributed by atoms with Crippen LogP contribution in [0.5, 0.6) is 11.5 Å². The van der Waals surface area contributed by atoms with Gasteiger partial charge in [0.2, 0.25) is 0 Å². The summed E-state index contributed by atoms with van der Waals surface area (Å²) in [6, 6.07) is 9.77. The molecule has 0 fully saturated rings. The number of benzene rings is 2. The molecule has 2 aromatic carbocycles. The first kappa shape index (κ1) is 17.4. The van der Waals surface area contributed by atoms with Crippen molar-refractivity contribution in [3.05, 3.63) is 52.0 Å². The van der Waals surface area contributed by atoms with Gasteiger partial charge in [-0.3, -0.25) is 9.59 Å². The molecule has 130 valence electrons. The Kier molecular flexibility index (Phi) is 4.53. The molecule has 0 radical (unpaired) electrons. The number of rotatable bonds is 5. The van der Waals surface area contributed by atoms with E-state index in [9.17, 15) is 14.7 Å². The molecule has 1 atom stereocenters. The van der Waals surface area contributed by atoms with Crippen LogP contribution in [0.3, 0.4) is 0 Å². The minimum absolute atomic E-state index is 0.322. The molecule has 0 bridgehead atoms. The first-order chi connectivity index (χ1) is 11.9. The van der Waals surface area contributed by atoms with Gasteiger partial charge in [0.25, 0.3) is 5.91 Å². The molecule has 1 aliphatic heterocycles. The molecule has 3 rings (SSSR count). The van der Waals surface area contributed by atoms with Crippen molar-refractivity contribution in [2.75, 3.05) is 19.5 Å². The first-order valence-corrected chi connectivity index (χ1v) is 8.27. The molecule has 0 saturated carbocycles. The van der Waals surface area contributed by atoms with Gasteiger partial charge in [0.05, 0.1) is 20.6 Å². The van der Waals surface area contributed by atoms with E-state index in [-0.39, 0.29) is 12.2 Å². The molecular formula is C18H16BrNO5. The third-order valence-corrected chi connectivity index (χ3v) is 4.67. The number of halogens is 1. The zero-order valence-corrected chi connectivity index (χ0v) is 15.2. The number of nitrogens with one attached hydrogen (secondary N) is 1. The molecule has 7 heteroatoms. The lowest BCUT2D eigenvalue weighted by molar-refractivity contribution is -0.133. The van der Waals surface area contributed by atoms with Crippen LogP contribution in [-0.2, 0) is 10.4 Å². The summed E-state index contributed by atoms with van der Waals surface area (Å²) in [6.45, 7) is 0. The number of ketones is 1. The van der Waals surface area contributed by atoms with Crippen LogP contribution in [0.15, 0.2) is 40.9 Å². The topological polar surface area (TPSA) is 84.9 Å². The SMILES string of the molecule is COc1ccc(C(=O)C[C@@]2(O)C(=O)Nc3ccc(Br)cc32)cc1OC. The van der Waals surface area contributed by atoms with Gasteiger partial charge in [-0.15, -0.1) is 0 Å². The third kappa shape index (κ3) is 3.01. The van der Waals surface area contributed by atoms with Crippen LogP contribution in [0.1, 0.15) is 22.3 Å². The van der Waals surface area contributed by atoms with Gasteiger partial charge in [0, 0.05) is 21.3 Å². The summed E-state index contributed by atoms with van der Waals surface area (Å²) in [5.41, 5.74) is -0.720. The third-order valence-electron chi connectivity index (χ3n) is 4.17. The highest BCUT2D eigenvalue weighted by molar-refractivity contribution is 9.10. The van der Waals surface area contributed by atoms with Crippen LogP contribution < -0.4 is 14.8 Å². The van der Waals surface area contributed by atoms with Crippen molar-refractivity contribution in [3.8, 4) is 11.5 Å². The second-order valence-electron chi connectivity index (χ2n) is 5.67. The van der Waals surface area contributed by atoms with Gasteiger partial charge in [-0.1, -0.05) is 15.9 Å². The van der Waals surface area contributed by atoms with E-state index in [1.807, 2.05) is 0 Å². The largest absolute Gasteiger partial charge is 0.493 e. The molecular weight excluding hydrogens is 390 g/mol. The highest BCUT2D eigenvalue weighted by Crippen LogP contribution is 2.40. The summed E-state index contributed by atoms with van der Waals surface area (Å²) in [6.07, 6.45) is -0.377. The fraction of sp³-hybridized carbons (Fsp3) is 0.222. The van der Waals surface area contributed by atoms with Crippen molar-refractivity contribution >= 4 is 33.3 Å². The van der Waals surface area contributed by atoms with Gasteiger partial charge in [0.15, 0.2) is 22.9 Å². The standard InChI is InChI=1S/C18H16BrNO5/c1-24-15-6-3-10(7-16(15)25-2)14(21)9-18(23)12-8-11(19)4-5-13(12)20-17(18)22/h3-8,23H,9H2,1-2H3,(H,20,22)/t18-/m0/s1. The van der Waals surface area contributed by atoms with Crippen LogP contribution in [-0.4, -0.2) is 31.0 Å². The summed E-state index contributed by atoms with van der Waals surface area (Å²) < 4.78 is 11.0. The molecule has 0 spiro atoms. The van der Waals surface area contributed by atoms with Gasteiger partial charge in [-0.2, -0.15) is 0 Å².